The first kappa shape index (κ1) is 9.59. The van der Waals surface area contributed by atoms with Gasteiger partial charge in [0.25, 0.3) is 0 Å². The molecule has 0 unspecified atom stereocenters. The predicted molar refractivity (Wildman–Crippen MR) is 64.5 cm³/mol. The summed E-state index contributed by atoms with van der Waals surface area (Å²) >= 11 is 3.43. The number of fused-ring (bicyclic) bond motifs is 1. The summed E-state index contributed by atoms with van der Waals surface area (Å²) in [7, 11) is 0. The van der Waals surface area contributed by atoms with Gasteiger partial charge in [-0.2, -0.15) is 0 Å². The molecule has 0 aliphatic heterocycles. The van der Waals surface area contributed by atoms with Crippen molar-refractivity contribution < 1.29 is 0 Å². The van der Waals surface area contributed by atoms with Crippen molar-refractivity contribution >= 4 is 32.5 Å². The first-order valence-corrected chi connectivity index (χ1v) is 5.49. The van der Waals surface area contributed by atoms with Gasteiger partial charge in [0, 0.05) is 26.8 Å². The third kappa shape index (κ3) is 1.32. The Morgan fingerprint density at radius 3 is 2.79 bits per heavy atom. The summed E-state index contributed by atoms with van der Waals surface area (Å²) in [6, 6.07) is 4.06. The molecule has 0 saturated carbocycles. The number of hydrogen-bond acceptors (Lipinski definition) is 1. The first-order valence-electron chi connectivity index (χ1n) is 4.69. The molecule has 0 saturated heterocycles. The second-order valence-corrected chi connectivity index (χ2v) is 4.36. The molecule has 0 amide bonds. The van der Waals surface area contributed by atoms with Gasteiger partial charge >= 0.3 is 0 Å². The highest BCUT2D eigenvalue weighted by atomic mass is 79.9. The molecule has 0 aliphatic carbocycles. The lowest BCUT2D eigenvalue weighted by Crippen LogP contribution is -1.85. The molecule has 3 heteroatoms. The van der Waals surface area contributed by atoms with Gasteiger partial charge in [0.15, 0.2) is 0 Å². The minimum Gasteiger partial charge on any atom is -0.398 e. The number of nitrogens with two attached hydrogens (primary N) is 1. The van der Waals surface area contributed by atoms with Gasteiger partial charge < -0.3 is 10.7 Å². The summed E-state index contributed by atoms with van der Waals surface area (Å²) in [5, 5.41) is 1.22. The minimum atomic E-state index is 0.794. The molecular formula is C11H13BrN2. The van der Waals surface area contributed by atoms with E-state index in [1.165, 1.54) is 16.6 Å². The highest BCUT2D eigenvalue weighted by molar-refractivity contribution is 9.10. The first-order chi connectivity index (χ1) is 6.63. The Kier molecular flexibility index (Phi) is 2.27. The lowest BCUT2D eigenvalue weighted by molar-refractivity contribution is 1.05. The fraction of sp³-hybridized carbons (Fsp3) is 0.273. The quantitative estimate of drug-likeness (QED) is 0.751. The molecule has 1 aromatic heterocycles. The molecule has 3 N–H and O–H groups in total. The Labute approximate surface area is 91.6 Å². The maximum Gasteiger partial charge on any atom is 0.0471 e. The van der Waals surface area contributed by atoms with Crippen molar-refractivity contribution in [3.05, 3.63) is 27.9 Å². The van der Waals surface area contributed by atoms with Crippen LogP contribution in [0, 0.1) is 6.92 Å². The van der Waals surface area contributed by atoms with Gasteiger partial charge in [-0.1, -0.05) is 6.92 Å². The summed E-state index contributed by atoms with van der Waals surface area (Å²) < 4.78 is 0.953. The van der Waals surface area contributed by atoms with Crippen molar-refractivity contribution in [2.45, 2.75) is 20.3 Å². The maximum absolute atomic E-state index is 5.84. The van der Waals surface area contributed by atoms with Crippen LogP contribution in [0.15, 0.2) is 16.6 Å². The van der Waals surface area contributed by atoms with Crippen molar-refractivity contribution in [3.63, 3.8) is 0 Å². The van der Waals surface area contributed by atoms with Crippen molar-refractivity contribution in [1.82, 2.24) is 4.98 Å². The van der Waals surface area contributed by atoms with E-state index in [4.69, 9.17) is 5.73 Å². The Morgan fingerprint density at radius 1 is 1.43 bits per heavy atom. The lowest BCUT2D eigenvalue weighted by atomic mass is 10.1. The molecule has 0 radical (unpaired) electrons. The summed E-state index contributed by atoms with van der Waals surface area (Å²) in [5.74, 6) is 0. The molecule has 1 heterocycles. The lowest BCUT2D eigenvalue weighted by Gasteiger charge is -1.98. The van der Waals surface area contributed by atoms with Crippen LogP contribution in [-0.2, 0) is 6.42 Å². The number of aromatic nitrogens is 1. The summed E-state index contributed by atoms with van der Waals surface area (Å²) in [6.07, 6.45) is 1.03. The van der Waals surface area contributed by atoms with Crippen LogP contribution in [0.3, 0.4) is 0 Å². The monoisotopic (exact) mass is 252 g/mol. The number of aromatic amines is 1. The van der Waals surface area contributed by atoms with Crippen molar-refractivity contribution in [2.24, 2.45) is 0 Å². The Balaban J connectivity index is 2.80. The zero-order chi connectivity index (χ0) is 10.3. The maximum atomic E-state index is 5.84. The van der Waals surface area contributed by atoms with Crippen LogP contribution < -0.4 is 5.73 Å². The van der Waals surface area contributed by atoms with E-state index in [1.807, 2.05) is 12.1 Å². The average Bonchev–Trinajstić information content (AvgIpc) is 2.45. The fourth-order valence-corrected chi connectivity index (χ4v) is 2.12. The largest absolute Gasteiger partial charge is 0.398 e. The van der Waals surface area contributed by atoms with E-state index in [9.17, 15) is 0 Å². The molecule has 1 aromatic carbocycles. The number of anilines is 1. The van der Waals surface area contributed by atoms with Gasteiger partial charge in [-0.3, -0.25) is 0 Å². The van der Waals surface area contributed by atoms with Gasteiger partial charge in [0.1, 0.15) is 0 Å². The summed E-state index contributed by atoms with van der Waals surface area (Å²) in [4.78, 5) is 3.40. The molecule has 14 heavy (non-hydrogen) atoms. The Morgan fingerprint density at radius 2 is 2.14 bits per heavy atom. The third-order valence-electron chi connectivity index (χ3n) is 2.63. The van der Waals surface area contributed by atoms with E-state index in [0.29, 0.717) is 0 Å². The van der Waals surface area contributed by atoms with E-state index in [2.05, 4.69) is 34.8 Å². The summed E-state index contributed by atoms with van der Waals surface area (Å²) in [5.41, 5.74) is 10.4. The third-order valence-corrected chi connectivity index (χ3v) is 3.32. The molecule has 74 valence electrons. The highest BCUT2D eigenvalue weighted by Gasteiger charge is 2.07. The predicted octanol–water partition coefficient (Wildman–Crippen LogP) is 3.38. The van der Waals surface area contributed by atoms with Crippen molar-refractivity contribution in [3.8, 4) is 0 Å². The smallest absolute Gasteiger partial charge is 0.0471 e. The Hall–Kier alpha value is -0.960. The molecule has 2 rings (SSSR count). The second kappa shape index (κ2) is 3.31. The standard InChI is InChI=1S/C11H13BrN2/c1-3-10-6(2)7-4-9(13)8(12)5-11(7)14-10/h4-5,14H,3,13H2,1-2H3. The molecule has 0 fully saturated rings. The number of hydrogen-bond donors (Lipinski definition) is 2. The normalized spacial score (nSPS) is 11.1. The van der Waals surface area contributed by atoms with E-state index < -0.39 is 0 Å². The van der Waals surface area contributed by atoms with Crippen molar-refractivity contribution in [1.29, 1.82) is 0 Å². The zero-order valence-corrected chi connectivity index (χ0v) is 9.90. The molecule has 2 nitrogen and oxygen atoms in total. The van der Waals surface area contributed by atoms with Gasteiger partial charge in [-0.25, -0.2) is 0 Å². The molecule has 0 atom stereocenters. The SMILES string of the molecule is CCc1[nH]c2cc(Br)c(N)cc2c1C. The van der Waals surface area contributed by atoms with Crippen LogP contribution in [0.4, 0.5) is 5.69 Å². The summed E-state index contributed by atoms with van der Waals surface area (Å²) in [6.45, 7) is 4.28. The number of aryl methyl sites for hydroxylation is 2. The fourth-order valence-electron chi connectivity index (χ4n) is 1.78. The zero-order valence-electron chi connectivity index (χ0n) is 8.32. The molecule has 2 aromatic rings. The number of halogens is 1. The van der Waals surface area contributed by atoms with Crippen LogP contribution in [0.2, 0.25) is 0 Å². The van der Waals surface area contributed by atoms with Crippen molar-refractivity contribution in [2.75, 3.05) is 5.73 Å². The number of benzene rings is 1. The van der Waals surface area contributed by atoms with Crippen LogP contribution in [-0.4, -0.2) is 4.98 Å². The average molecular weight is 253 g/mol. The highest BCUT2D eigenvalue weighted by Crippen LogP contribution is 2.29. The molecule has 0 aliphatic rings. The van der Waals surface area contributed by atoms with Gasteiger partial charge in [0.05, 0.1) is 0 Å². The van der Waals surface area contributed by atoms with E-state index in [1.54, 1.807) is 0 Å². The number of nitrogens with one attached hydrogen (secondary N) is 1. The molecular weight excluding hydrogens is 240 g/mol. The number of rotatable bonds is 1. The van der Waals surface area contributed by atoms with Crippen LogP contribution >= 0.6 is 15.9 Å². The minimum absolute atomic E-state index is 0.794. The Bertz CT molecular complexity index is 485. The van der Waals surface area contributed by atoms with E-state index in [0.717, 1.165) is 22.1 Å². The topological polar surface area (TPSA) is 41.8 Å². The van der Waals surface area contributed by atoms with E-state index >= 15 is 0 Å². The van der Waals surface area contributed by atoms with Gasteiger partial charge in [-0.15, -0.1) is 0 Å². The molecule has 0 bridgehead atoms. The van der Waals surface area contributed by atoms with Crippen LogP contribution in [0.1, 0.15) is 18.2 Å². The number of nitrogen functional groups attached to an aromatic ring is 1. The molecule has 0 spiro atoms. The van der Waals surface area contributed by atoms with Crippen LogP contribution in [0.5, 0.6) is 0 Å². The van der Waals surface area contributed by atoms with Gasteiger partial charge in [-0.05, 0) is 47.0 Å². The van der Waals surface area contributed by atoms with Gasteiger partial charge in [0.2, 0.25) is 0 Å². The van der Waals surface area contributed by atoms with Crippen LogP contribution in [0.25, 0.3) is 10.9 Å². The number of H-pyrrole nitrogens is 1. The second-order valence-electron chi connectivity index (χ2n) is 3.50. The van der Waals surface area contributed by atoms with E-state index in [-0.39, 0.29) is 0 Å².